The normalized spacial score (nSPS) is 10.8. The monoisotopic (exact) mass is 346 g/mol. The highest BCUT2D eigenvalue weighted by atomic mass is 32.2. The molecule has 0 fully saturated rings. The number of carbonyl (C=O) groups is 1. The average molecular weight is 346 g/mol. The van der Waals surface area contributed by atoms with Crippen LogP contribution < -0.4 is 5.32 Å². The molecule has 3 aromatic rings. The fraction of sp³-hybridized carbons (Fsp3) is 0.176. The van der Waals surface area contributed by atoms with E-state index in [4.69, 9.17) is 0 Å². The van der Waals surface area contributed by atoms with Gasteiger partial charge in [-0.05, 0) is 29.8 Å². The largest absolute Gasteiger partial charge is 0.352 e. The van der Waals surface area contributed by atoms with Crippen molar-refractivity contribution < 1.29 is 9.18 Å². The van der Waals surface area contributed by atoms with Crippen molar-refractivity contribution in [2.45, 2.75) is 17.3 Å². The Morgan fingerprint density at radius 1 is 1.17 bits per heavy atom. The van der Waals surface area contributed by atoms with Gasteiger partial charge in [0.2, 0.25) is 5.91 Å². The summed E-state index contributed by atoms with van der Waals surface area (Å²) < 4.78 is 14.9. The first kappa shape index (κ1) is 16.0. The van der Waals surface area contributed by atoms with Gasteiger partial charge in [-0.15, -0.1) is 11.3 Å². The van der Waals surface area contributed by atoms with Crippen LogP contribution in [-0.2, 0) is 11.3 Å². The van der Waals surface area contributed by atoms with Gasteiger partial charge in [0.05, 0.1) is 10.2 Å². The Kier molecular flexibility index (Phi) is 5.25. The Labute approximate surface area is 141 Å². The Morgan fingerprint density at radius 2 is 1.96 bits per heavy atom. The van der Waals surface area contributed by atoms with Crippen molar-refractivity contribution in [2.75, 3.05) is 5.75 Å². The van der Waals surface area contributed by atoms with Gasteiger partial charge in [-0.25, -0.2) is 9.37 Å². The predicted octanol–water partition coefficient (Wildman–Crippen LogP) is 4.23. The van der Waals surface area contributed by atoms with Crippen LogP contribution in [0.5, 0.6) is 0 Å². The molecule has 0 bridgehead atoms. The first-order chi connectivity index (χ1) is 11.2. The first-order valence-electron chi connectivity index (χ1n) is 7.20. The summed E-state index contributed by atoms with van der Waals surface area (Å²) in [5.74, 6) is 0.407. The number of rotatable bonds is 6. The van der Waals surface area contributed by atoms with Crippen LogP contribution in [0.3, 0.4) is 0 Å². The molecule has 0 atom stereocenters. The summed E-state index contributed by atoms with van der Waals surface area (Å²) in [5, 5.41) is 2.84. The van der Waals surface area contributed by atoms with Crippen LogP contribution >= 0.6 is 23.1 Å². The van der Waals surface area contributed by atoms with Crippen molar-refractivity contribution in [2.24, 2.45) is 0 Å². The number of amides is 1. The molecule has 0 saturated carbocycles. The van der Waals surface area contributed by atoms with Crippen LogP contribution in [0.4, 0.5) is 4.39 Å². The minimum atomic E-state index is -0.271. The number of thiazole rings is 1. The molecule has 6 heteroatoms. The van der Waals surface area contributed by atoms with Crippen molar-refractivity contribution in [3.8, 4) is 0 Å². The number of aromatic nitrogens is 1. The third kappa shape index (κ3) is 4.53. The molecule has 118 valence electrons. The molecule has 0 aliphatic heterocycles. The van der Waals surface area contributed by atoms with Gasteiger partial charge in [0, 0.05) is 18.7 Å². The second kappa shape index (κ2) is 7.57. The number of fused-ring (bicyclic) bond motifs is 1. The maximum Gasteiger partial charge on any atom is 0.221 e. The number of para-hydroxylation sites is 1. The summed E-state index contributed by atoms with van der Waals surface area (Å²) in [6.45, 7) is 0.422. The van der Waals surface area contributed by atoms with Crippen molar-refractivity contribution in [3.05, 3.63) is 59.9 Å². The van der Waals surface area contributed by atoms with Crippen LogP contribution in [0.25, 0.3) is 10.2 Å². The zero-order valence-corrected chi connectivity index (χ0v) is 13.9. The SMILES string of the molecule is O=C(CCSc1nc2ccccc2s1)NCc1ccc(F)cc1. The Balaban J connectivity index is 1.43. The van der Waals surface area contributed by atoms with Crippen molar-refractivity contribution >= 4 is 39.2 Å². The molecule has 2 aromatic carbocycles. The summed E-state index contributed by atoms with van der Waals surface area (Å²) in [6.07, 6.45) is 0.432. The quantitative estimate of drug-likeness (QED) is 0.679. The lowest BCUT2D eigenvalue weighted by atomic mass is 10.2. The van der Waals surface area contributed by atoms with Crippen molar-refractivity contribution in [1.82, 2.24) is 10.3 Å². The molecule has 3 nitrogen and oxygen atoms in total. The molecule has 1 amide bonds. The zero-order valence-electron chi connectivity index (χ0n) is 12.3. The van der Waals surface area contributed by atoms with E-state index in [1.54, 1.807) is 35.2 Å². The number of nitrogens with one attached hydrogen (secondary N) is 1. The summed E-state index contributed by atoms with van der Waals surface area (Å²) in [7, 11) is 0. The number of nitrogens with zero attached hydrogens (tertiary/aromatic N) is 1. The van der Waals surface area contributed by atoms with E-state index in [9.17, 15) is 9.18 Å². The van der Waals surface area contributed by atoms with Gasteiger partial charge in [0.1, 0.15) is 5.82 Å². The van der Waals surface area contributed by atoms with Crippen LogP contribution in [0.2, 0.25) is 0 Å². The molecule has 0 unspecified atom stereocenters. The van der Waals surface area contributed by atoms with Gasteiger partial charge in [-0.3, -0.25) is 4.79 Å². The Morgan fingerprint density at radius 3 is 2.74 bits per heavy atom. The number of thioether (sulfide) groups is 1. The van der Waals surface area contributed by atoms with E-state index in [1.165, 1.54) is 12.1 Å². The molecule has 3 rings (SSSR count). The van der Waals surface area contributed by atoms with Crippen LogP contribution in [-0.4, -0.2) is 16.6 Å². The minimum Gasteiger partial charge on any atom is -0.352 e. The molecule has 1 heterocycles. The van der Waals surface area contributed by atoms with Gasteiger partial charge in [0.15, 0.2) is 4.34 Å². The van der Waals surface area contributed by atoms with E-state index in [0.29, 0.717) is 18.7 Å². The maximum atomic E-state index is 12.8. The topological polar surface area (TPSA) is 42.0 Å². The van der Waals surface area contributed by atoms with Crippen molar-refractivity contribution in [3.63, 3.8) is 0 Å². The first-order valence-corrected chi connectivity index (χ1v) is 9.00. The standard InChI is InChI=1S/C17H15FN2OS2/c18-13-7-5-12(6-8-13)11-19-16(21)9-10-22-17-20-14-3-1-2-4-15(14)23-17/h1-8H,9-11H2,(H,19,21). The fourth-order valence-corrected chi connectivity index (χ4v) is 4.11. The molecule has 1 N–H and O–H groups in total. The van der Waals surface area contributed by atoms with Gasteiger partial charge in [-0.1, -0.05) is 36.0 Å². The lowest BCUT2D eigenvalue weighted by molar-refractivity contribution is -0.120. The number of hydrogen-bond donors (Lipinski definition) is 1. The highest BCUT2D eigenvalue weighted by Crippen LogP contribution is 2.29. The molecule has 23 heavy (non-hydrogen) atoms. The van der Waals surface area contributed by atoms with E-state index in [-0.39, 0.29) is 11.7 Å². The molecule has 0 aliphatic carbocycles. The van der Waals surface area contributed by atoms with Crippen LogP contribution in [0.1, 0.15) is 12.0 Å². The molecule has 0 spiro atoms. The van der Waals surface area contributed by atoms with Crippen LogP contribution in [0.15, 0.2) is 52.9 Å². The highest BCUT2D eigenvalue weighted by Gasteiger charge is 2.06. The Hall–Kier alpha value is -1.92. The zero-order chi connectivity index (χ0) is 16.1. The fourth-order valence-electron chi connectivity index (χ4n) is 2.04. The molecular formula is C17H15FN2OS2. The van der Waals surface area contributed by atoms with E-state index in [1.807, 2.05) is 24.3 Å². The number of carbonyl (C=O) groups excluding carboxylic acids is 1. The van der Waals surface area contributed by atoms with Gasteiger partial charge in [-0.2, -0.15) is 0 Å². The van der Waals surface area contributed by atoms with Crippen LogP contribution in [0, 0.1) is 5.82 Å². The van der Waals surface area contributed by atoms with E-state index in [2.05, 4.69) is 10.3 Å². The summed E-state index contributed by atoms with van der Waals surface area (Å²) in [6, 6.07) is 14.1. The molecule has 0 saturated heterocycles. The lowest BCUT2D eigenvalue weighted by Crippen LogP contribution is -2.22. The number of hydrogen-bond acceptors (Lipinski definition) is 4. The molecule has 0 radical (unpaired) electrons. The van der Waals surface area contributed by atoms with Crippen molar-refractivity contribution in [1.29, 1.82) is 0 Å². The second-order valence-corrected chi connectivity index (χ2v) is 7.32. The average Bonchev–Trinajstić information content (AvgIpc) is 2.97. The third-order valence-corrected chi connectivity index (χ3v) is 5.41. The maximum absolute atomic E-state index is 12.8. The number of benzene rings is 2. The highest BCUT2D eigenvalue weighted by molar-refractivity contribution is 8.01. The minimum absolute atomic E-state index is 0.0112. The van der Waals surface area contributed by atoms with Gasteiger partial charge < -0.3 is 5.32 Å². The second-order valence-electron chi connectivity index (χ2n) is 4.95. The third-order valence-electron chi connectivity index (χ3n) is 3.23. The predicted molar refractivity (Wildman–Crippen MR) is 93.2 cm³/mol. The molecular weight excluding hydrogens is 331 g/mol. The number of halogens is 1. The smallest absolute Gasteiger partial charge is 0.221 e. The van der Waals surface area contributed by atoms with E-state index < -0.39 is 0 Å². The summed E-state index contributed by atoms with van der Waals surface area (Å²) in [5.41, 5.74) is 1.89. The van der Waals surface area contributed by atoms with Gasteiger partial charge in [0.25, 0.3) is 0 Å². The Bertz CT molecular complexity index is 769. The summed E-state index contributed by atoms with van der Waals surface area (Å²) in [4.78, 5) is 16.4. The van der Waals surface area contributed by atoms with E-state index >= 15 is 0 Å². The lowest BCUT2D eigenvalue weighted by Gasteiger charge is -2.04. The molecule has 1 aromatic heterocycles. The molecule has 0 aliphatic rings. The van der Waals surface area contributed by atoms with E-state index in [0.717, 1.165) is 20.1 Å². The van der Waals surface area contributed by atoms with Gasteiger partial charge >= 0.3 is 0 Å². The summed E-state index contributed by atoms with van der Waals surface area (Å²) >= 11 is 3.24.